The molecule has 1 aromatic heterocycles. The minimum Gasteiger partial charge on any atom is -0.368 e. The van der Waals surface area contributed by atoms with Gasteiger partial charge in [-0.15, -0.1) is 0 Å². The van der Waals surface area contributed by atoms with Crippen molar-refractivity contribution in [3.05, 3.63) is 59.4 Å². The van der Waals surface area contributed by atoms with Crippen molar-refractivity contribution in [3.63, 3.8) is 0 Å². The summed E-state index contributed by atoms with van der Waals surface area (Å²) in [7, 11) is 2.10. The Morgan fingerprint density at radius 2 is 1.70 bits per heavy atom. The lowest BCUT2D eigenvalue weighted by Crippen LogP contribution is -2.51. The highest BCUT2D eigenvalue weighted by Gasteiger charge is 2.31. The van der Waals surface area contributed by atoms with Crippen LogP contribution >= 0.6 is 0 Å². The van der Waals surface area contributed by atoms with Crippen LogP contribution in [0.25, 0.3) is 11.0 Å². The summed E-state index contributed by atoms with van der Waals surface area (Å²) in [5, 5.41) is 0. The average molecular weight is 446 g/mol. The summed E-state index contributed by atoms with van der Waals surface area (Å²) in [5.74, 6) is 1.62. The Morgan fingerprint density at radius 1 is 0.970 bits per heavy atom. The first-order valence-electron chi connectivity index (χ1n) is 12.2. The number of para-hydroxylation sites is 2. The minimum atomic E-state index is 0.161. The zero-order chi connectivity index (χ0) is 22.9. The van der Waals surface area contributed by atoms with Crippen LogP contribution in [0.1, 0.15) is 29.8 Å². The van der Waals surface area contributed by atoms with Crippen molar-refractivity contribution in [2.45, 2.75) is 33.2 Å². The molecule has 174 valence electrons. The molecule has 5 rings (SSSR count). The number of benzene rings is 2. The van der Waals surface area contributed by atoms with Gasteiger partial charge < -0.3 is 14.4 Å². The molecule has 33 heavy (non-hydrogen) atoms. The van der Waals surface area contributed by atoms with E-state index in [2.05, 4.69) is 76.6 Å². The largest absolute Gasteiger partial charge is 0.368 e. The number of carbonyl (C=O) groups excluding carboxylic acids is 1. The first kappa shape index (κ1) is 22.0. The lowest BCUT2D eigenvalue weighted by atomic mass is 9.95. The van der Waals surface area contributed by atoms with E-state index in [9.17, 15) is 4.79 Å². The van der Waals surface area contributed by atoms with Crippen LogP contribution in [-0.4, -0.2) is 64.5 Å². The third-order valence-corrected chi connectivity index (χ3v) is 7.47. The van der Waals surface area contributed by atoms with Gasteiger partial charge in [0.15, 0.2) is 0 Å². The number of aromatic nitrogens is 2. The molecule has 0 N–H and O–H groups in total. The lowest BCUT2D eigenvalue weighted by molar-refractivity contribution is -0.137. The fraction of sp³-hybridized carbons (Fsp3) is 0.481. The summed E-state index contributed by atoms with van der Waals surface area (Å²) >= 11 is 0. The van der Waals surface area contributed by atoms with E-state index >= 15 is 0 Å². The highest BCUT2D eigenvalue weighted by Crippen LogP contribution is 2.25. The Labute approximate surface area is 196 Å². The van der Waals surface area contributed by atoms with Crippen LogP contribution in [0.5, 0.6) is 0 Å². The molecule has 2 aromatic carbocycles. The molecule has 2 aliphatic heterocycles. The molecule has 0 atom stereocenters. The number of likely N-dealkylation sites (tertiary alicyclic amines) is 1. The van der Waals surface area contributed by atoms with Gasteiger partial charge in [-0.3, -0.25) is 9.69 Å². The lowest BCUT2D eigenvalue weighted by Gasteiger charge is -2.39. The van der Waals surface area contributed by atoms with Crippen LogP contribution < -0.4 is 4.90 Å². The second-order valence-corrected chi connectivity index (χ2v) is 9.73. The number of hydrogen-bond donors (Lipinski definition) is 0. The number of imidazole rings is 1. The van der Waals surface area contributed by atoms with Gasteiger partial charge in [0.05, 0.1) is 17.6 Å². The molecule has 6 nitrogen and oxygen atoms in total. The summed E-state index contributed by atoms with van der Waals surface area (Å²) in [6.45, 7) is 10.6. The van der Waals surface area contributed by atoms with E-state index in [1.807, 2.05) is 6.07 Å². The topological polar surface area (TPSA) is 44.6 Å². The van der Waals surface area contributed by atoms with Gasteiger partial charge in [0.25, 0.3) is 0 Å². The maximum atomic E-state index is 13.2. The predicted molar refractivity (Wildman–Crippen MR) is 133 cm³/mol. The highest BCUT2D eigenvalue weighted by molar-refractivity contribution is 5.79. The number of piperidine rings is 1. The molecule has 0 unspecified atom stereocenters. The summed E-state index contributed by atoms with van der Waals surface area (Å²) in [5.41, 5.74) is 6.16. The Balaban J connectivity index is 1.13. The smallest absolute Gasteiger partial charge is 0.225 e. The van der Waals surface area contributed by atoms with Crippen molar-refractivity contribution in [1.82, 2.24) is 19.4 Å². The molecule has 2 fully saturated rings. The number of rotatable bonds is 4. The molecule has 0 saturated carbocycles. The predicted octanol–water partition coefficient (Wildman–Crippen LogP) is 3.75. The molecule has 0 radical (unpaired) electrons. The third-order valence-electron chi connectivity index (χ3n) is 7.47. The minimum absolute atomic E-state index is 0.161. The molecule has 0 aliphatic carbocycles. The number of aryl methyl sites for hydroxylation is 3. The number of piperazine rings is 1. The van der Waals surface area contributed by atoms with Crippen LogP contribution in [0.2, 0.25) is 0 Å². The van der Waals surface area contributed by atoms with Crippen LogP contribution in [0.3, 0.4) is 0 Å². The second-order valence-electron chi connectivity index (χ2n) is 9.73. The normalized spacial score (nSPS) is 18.3. The summed E-state index contributed by atoms with van der Waals surface area (Å²) < 4.78 is 2.20. The summed E-state index contributed by atoms with van der Waals surface area (Å²) in [6, 6.07) is 14.9. The number of amides is 1. The number of carbonyl (C=O) groups is 1. The molecule has 6 heteroatoms. The zero-order valence-corrected chi connectivity index (χ0v) is 20.1. The van der Waals surface area contributed by atoms with Crippen molar-refractivity contribution in [3.8, 4) is 0 Å². The van der Waals surface area contributed by atoms with Gasteiger partial charge in [0, 0.05) is 44.8 Å². The van der Waals surface area contributed by atoms with E-state index in [1.54, 1.807) is 0 Å². The van der Waals surface area contributed by atoms with E-state index in [4.69, 9.17) is 4.98 Å². The van der Waals surface area contributed by atoms with Gasteiger partial charge in [-0.25, -0.2) is 4.98 Å². The number of nitrogens with zero attached hydrogens (tertiary/aromatic N) is 5. The third kappa shape index (κ3) is 4.49. The van der Waals surface area contributed by atoms with E-state index in [0.29, 0.717) is 5.91 Å². The van der Waals surface area contributed by atoms with Crippen molar-refractivity contribution in [2.75, 3.05) is 44.2 Å². The van der Waals surface area contributed by atoms with Crippen LogP contribution in [0, 0.1) is 19.8 Å². The number of anilines is 1. The number of hydrogen-bond acceptors (Lipinski definition) is 4. The van der Waals surface area contributed by atoms with E-state index in [1.165, 1.54) is 22.3 Å². The maximum absolute atomic E-state index is 13.2. The van der Waals surface area contributed by atoms with E-state index in [-0.39, 0.29) is 5.92 Å². The van der Waals surface area contributed by atoms with Gasteiger partial charge in [0.1, 0.15) is 5.82 Å². The monoisotopic (exact) mass is 445 g/mol. The van der Waals surface area contributed by atoms with Gasteiger partial charge in [0.2, 0.25) is 5.91 Å². The van der Waals surface area contributed by atoms with Crippen LogP contribution in [-0.2, 0) is 18.4 Å². The van der Waals surface area contributed by atoms with Crippen molar-refractivity contribution in [2.24, 2.45) is 13.0 Å². The van der Waals surface area contributed by atoms with Crippen molar-refractivity contribution >= 4 is 22.6 Å². The van der Waals surface area contributed by atoms with Gasteiger partial charge in [-0.1, -0.05) is 29.8 Å². The Morgan fingerprint density at radius 3 is 2.39 bits per heavy atom. The maximum Gasteiger partial charge on any atom is 0.225 e. The van der Waals surface area contributed by atoms with Crippen molar-refractivity contribution < 1.29 is 4.79 Å². The first-order chi connectivity index (χ1) is 16.0. The number of fused-ring (bicyclic) bond motifs is 1. The van der Waals surface area contributed by atoms with E-state index < -0.39 is 0 Å². The van der Waals surface area contributed by atoms with E-state index in [0.717, 1.165) is 70.0 Å². The van der Waals surface area contributed by atoms with Crippen LogP contribution in [0.15, 0.2) is 42.5 Å². The molecule has 2 aliphatic rings. The molecule has 2 saturated heterocycles. The zero-order valence-electron chi connectivity index (χ0n) is 20.1. The van der Waals surface area contributed by atoms with Gasteiger partial charge >= 0.3 is 0 Å². The molecule has 0 bridgehead atoms. The SMILES string of the molecule is Cc1ccc(N2CCN(C(=O)C3CCN(Cc4nc5ccccc5n4C)CC3)CC2)c(C)c1. The van der Waals surface area contributed by atoms with Gasteiger partial charge in [-0.05, 0) is 63.5 Å². The molecular weight excluding hydrogens is 410 g/mol. The summed E-state index contributed by atoms with van der Waals surface area (Å²) in [4.78, 5) is 25.0. The standard InChI is InChI=1S/C27H35N5O/c1-20-8-9-24(21(2)18-20)31-14-16-32(17-15-31)27(33)22-10-12-30(13-11-22)19-26-28-23-6-4-5-7-25(23)29(26)3/h4-9,18,22H,10-17,19H2,1-3H3. The average Bonchev–Trinajstić information content (AvgIpc) is 3.14. The molecule has 0 spiro atoms. The quantitative estimate of drug-likeness (QED) is 0.614. The Hall–Kier alpha value is -2.86. The fourth-order valence-corrected chi connectivity index (χ4v) is 5.46. The Kier molecular flexibility index (Phi) is 6.11. The fourth-order valence-electron chi connectivity index (χ4n) is 5.46. The Bertz CT molecular complexity index is 1140. The first-order valence-corrected chi connectivity index (χ1v) is 12.2. The molecule has 3 heterocycles. The van der Waals surface area contributed by atoms with Crippen LogP contribution in [0.4, 0.5) is 5.69 Å². The molecular formula is C27H35N5O. The highest BCUT2D eigenvalue weighted by atomic mass is 16.2. The van der Waals surface area contributed by atoms with Gasteiger partial charge in [-0.2, -0.15) is 0 Å². The molecule has 3 aromatic rings. The molecule has 1 amide bonds. The van der Waals surface area contributed by atoms with Crippen molar-refractivity contribution in [1.29, 1.82) is 0 Å². The summed E-state index contributed by atoms with van der Waals surface area (Å²) in [6.07, 6.45) is 1.89. The second kappa shape index (κ2) is 9.18.